The van der Waals surface area contributed by atoms with Gasteiger partial charge in [0, 0.05) is 29.0 Å². The molecule has 1 heterocycles. The molecule has 0 saturated carbocycles. The van der Waals surface area contributed by atoms with Crippen molar-refractivity contribution >= 4 is 39.1 Å². The zero-order valence-corrected chi connectivity index (χ0v) is 15.5. The van der Waals surface area contributed by atoms with Gasteiger partial charge in [0.2, 0.25) is 5.95 Å². The first-order valence-corrected chi connectivity index (χ1v) is 8.50. The van der Waals surface area contributed by atoms with Gasteiger partial charge in [0.1, 0.15) is 5.82 Å². The van der Waals surface area contributed by atoms with E-state index in [2.05, 4.69) is 50.3 Å². The molecule has 0 bridgehead atoms. The predicted octanol–water partition coefficient (Wildman–Crippen LogP) is 5.37. The Kier molecular flexibility index (Phi) is 4.81. The van der Waals surface area contributed by atoms with Crippen LogP contribution in [0.25, 0.3) is 0 Å². The average molecular weight is 383 g/mol. The smallest absolute Gasteiger partial charge is 0.231 e. The third-order valence-corrected chi connectivity index (χ3v) is 4.33. The first kappa shape index (κ1) is 16.5. The summed E-state index contributed by atoms with van der Waals surface area (Å²) in [5.74, 6) is 1.43. The van der Waals surface area contributed by atoms with E-state index in [1.54, 1.807) is 0 Å². The van der Waals surface area contributed by atoms with E-state index in [4.69, 9.17) is 0 Å². The molecule has 0 atom stereocenters. The fourth-order valence-corrected chi connectivity index (χ4v) is 2.99. The van der Waals surface area contributed by atoms with Gasteiger partial charge in [0.05, 0.1) is 5.69 Å². The van der Waals surface area contributed by atoms with E-state index in [0.29, 0.717) is 5.95 Å². The molecule has 0 aliphatic heterocycles. The fraction of sp³-hybridized carbons (Fsp3) is 0.158. The van der Waals surface area contributed by atoms with Crippen LogP contribution in [0.15, 0.2) is 59.1 Å². The van der Waals surface area contributed by atoms with Gasteiger partial charge in [0.15, 0.2) is 0 Å². The van der Waals surface area contributed by atoms with E-state index < -0.39 is 0 Å². The first-order valence-electron chi connectivity index (χ1n) is 7.70. The number of aryl methyl sites for hydroxylation is 2. The van der Waals surface area contributed by atoms with Crippen LogP contribution >= 0.6 is 15.9 Å². The highest BCUT2D eigenvalue weighted by atomic mass is 79.9. The highest BCUT2D eigenvalue weighted by molar-refractivity contribution is 9.10. The zero-order valence-electron chi connectivity index (χ0n) is 13.9. The second-order valence-corrected chi connectivity index (χ2v) is 6.55. The molecule has 0 aliphatic carbocycles. The molecule has 4 nitrogen and oxygen atoms in total. The molecule has 0 spiro atoms. The molecule has 3 aromatic rings. The average Bonchev–Trinajstić information content (AvgIpc) is 2.57. The Bertz CT molecular complexity index is 849. The molecule has 5 heteroatoms. The van der Waals surface area contributed by atoms with Crippen LogP contribution in [0.4, 0.5) is 23.1 Å². The van der Waals surface area contributed by atoms with Crippen LogP contribution in [0, 0.1) is 13.8 Å². The lowest BCUT2D eigenvalue weighted by atomic mass is 10.2. The molecule has 122 valence electrons. The summed E-state index contributed by atoms with van der Waals surface area (Å²) in [5.41, 5.74) is 4.14. The van der Waals surface area contributed by atoms with Crippen molar-refractivity contribution in [2.75, 3.05) is 17.3 Å². The Balaban J connectivity index is 1.91. The Morgan fingerprint density at radius 1 is 0.958 bits per heavy atom. The van der Waals surface area contributed by atoms with Gasteiger partial charge in [-0.15, -0.1) is 0 Å². The van der Waals surface area contributed by atoms with Crippen LogP contribution in [-0.4, -0.2) is 17.0 Å². The Hall–Kier alpha value is -2.40. The highest BCUT2D eigenvalue weighted by Crippen LogP contribution is 2.28. The molecular weight excluding hydrogens is 364 g/mol. The molecule has 0 fully saturated rings. The topological polar surface area (TPSA) is 41.1 Å². The van der Waals surface area contributed by atoms with E-state index in [9.17, 15) is 0 Å². The number of benzene rings is 2. The van der Waals surface area contributed by atoms with E-state index in [0.717, 1.165) is 27.4 Å². The maximum atomic E-state index is 4.65. The summed E-state index contributed by atoms with van der Waals surface area (Å²) < 4.78 is 1.01. The summed E-state index contributed by atoms with van der Waals surface area (Å²) in [6.45, 7) is 4.04. The summed E-state index contributed by atoms with van der Waals surface area (Å²) in [7, 11) is 1.97. The van der Waals surface area contributed by atoms with Gasteiger partial charge in [-0.2, -0.15) is 4.98 Å². The number of rotatable bonds is 4. The number of para-hydroxylation sites is 1. The molecule has 3 rings (SSSR count). The maximum absolute atomic E-state index is 4.65. The third-order valence-electron chi connectivity index (χ3n) is 3.67. The van der Waals surface area contributed by atoms with Crippen molar-refractivity contribution in [3.05, 3.63) is 70.3 Å². The van der Waals surface area contributed by atoms with Gasteiger partial charge in [-0.25, -0.2) is 4.98 Å². The minimum absolute atomic E-state index is 0.659. The van der Waals surface area contributed by atoms with E-state index in [-0.39, 0.29) is 0 Å². The summed E-state index contributed by atoms with van der Waals surface area (Å²) >= 11 is 3.59. The number of anilines is 4. The van der Waals surface area contributed by atoms with Gasteiger partial charge < -0.3 is 10.2 Å². The summed E-state index contributed by atoms with van der Waals surface area (Å²) in [4.78, 5) is 11.2. The second kappa shape index (κ2) is 7.01. The number of aromatic nitrogens is 2. The van der Waals surface area contributed by atoms with Crippen LogP contribution < -0.4 is 10.2 Å². The van der Waals surface area contributed by atoms with Gasteiger partial charge in [-0.3, -0.25) is 0 Å². The minimum atomic E-state index is 0.659. The molecule has 0 aliphatic rings. The highest BCUT2D eigenvalue weighted by Gasteiger charge is 2.10. The molecule has 1 aromatic heterocycles. The van der Waals surface area contributed by atoms with Crippen molar-refractivity contribution in [3.63, 3.8) is 0 Å². The van der Waals surface area contributed by atoms with Gasteiger partial charge in [-0.1, -0.05) is 24.3 Å². The Labute approximate surface area is 150 Å². The molecule has 0 amide bonds. The van der Waals surface area contributed by atoms with Crippen LogP contribution in [-0.2, 0) is 0 Å². The number of halogens is 1. The number of nitrogens with zero attached hydrogens (tertiary/aromatic N) is 3. The largest absolute Gasteiger partial charge is 0.339 e. The first-order chi connectivity index (χ1) is 11.5. The molecule has 24 heavy (non-hydrogen) atoms. The van der Waals surface area contributed by atoms with E-state index >= 15 is 0 Å². The SMILES string of the molecule is Cc1ccc(Nc2cc(C)nc(N(C)c3ccccc3)n2)c(Br)c1. The normalized spacial score (nSPS) is 10.5. The van der Waals surface area contributed by atoms with Gasteiger partial charge in [-0.05, 0) is 59.6 Å². The van der Waals surface area contributed by atoms with Gasteiger partial charge >= 0.3 is 0 Å². The minimum Gasteiger partial charge on any atom is -0.339 e. The Morgan fingerprint density at radius 2 is 1.71 bits per heavy atom. The van der Waals surface area contributed by atoms with Crippen molar-refractivity contribution in [3.8, 4) is 0 Å². The lowest BCUT2D eigenvalue weighted by molar-refractivity contribution is 1.02. The lowest BCUT2D eigenvalue weighted by Crippen LogP contribution is -2.14. The Morgan fingerprint density at radius 3 is 2.42 bits per heavy atom. The maximum Gasteiger partial charge on any atom is 0.231 e. The zero-order chi connectivity index (χ0) is 17.1. The molecule has 1 N–H and O–H groups in total. The van der Waals surface area contributed by atoms with Gasteiger partial charge in [0.25, 0.3) is 0 Å². The van der Waals surface area contributed by atoms with Crippen LogP contribution in [0.1, 0.15) is 11.3 Å². The predicted molar refractivity (Wildman–Crippen MR) is 103 cm³/mol. The van der Waals surface area contributed by atoms with Crippen LogP contribution in [0.5, 0.6) is 0 Å². The summed E-state index contributed by atoms with van der Waals surface area (Å²) in [5, 5.41) is 3.36. The molecular formula is C19H19BrN4. The fourth-order valence-electron chi connectivity index (χ4n) is 2.39. The molecule has 0 unspecified atom stereocenters. The standard InChI is InChI=1S/C19H19BrN4/c1-13-9-10-17(16(20)11-13)22-18-12-14(2)21-19(23-18)24(3)15-7-5-4-6-8-15/h4-12H,1-3H3,(H,21,22,23). The summed E-state index contributed by atoms with van der Waals surface area (Å²) in [6, 6.07) is 18.2. The number of hydrogen-bond donors (Lipinski definition) is 1. The van der Waals surface area contributed by atoms with Crippen LogP contribution in [0.3, 0.4) is 0 Å². The van der Waals surface area contributed by atoms with Crippen molar-refractivity contribution in [1.82, 2.24) is 9.97 Å². The molecule has 0 radical (unpaired) electrons. The van der Waals surface area contributed by atoms with Crippen molar-refractivity contribution < 1.29 is 0 Å². The van der Waals surface area contributed by atoms with Crippen LogP contribution in [0.2, 0.25) is 0 Å². The third kappa shape index (κ3) is 3.74. The lowest BCUT2D eigenvalue weighted by Gasteiger charge is -2.19. The van der Waals surface area contributed by atoms with Crippen molar-refractivity contribution in [1.29, 1.82) is 0 Å². The van der Waals surface area contributed by atoms with E-state index in [1.807, 2.05) is 61.3 Å². The summed E-state index contributed by atoms with van der Waals surface area (Å²) in [6.07, 6.45) is 0. The quantitative estimate of drug-likeness (QED) is 0.658. The van der Waals surface area contributed by atoms with Crippen molar-refractivity contribution in [2.45, 2.75) is 13.8 Å². The molecule has 2 aromatic carbocycles. The number of hydrogen-bond acceptors (Lipinski definition) is 4. The number of nitrogens with one attached hydrogen (secondary N) is 1. The second-order valence-electron chi connectivity index (χ2n) is 5.70. The van der Waals surface area contributed by atoms with E-state index in [1.165, 1.54) is 5.56 Å². The monoisotopic (exact) mass is 382 g/mol. The van der Waals surface area contributed by atoms with Crippen molar-refractivity contribution in [2.24, 2.45) is 0 Å². The molecule has 0 saturated heterocycles.